The fraction of sp³-hybridized carbons (Fsp3) is 0.235. The number of allylic oxidation sites excluding steroid dienone is 2. The maximum absolute atomic E-state index is 2.49. The smallest absolute Gasteiger partial charge is 0.0465 e. The van der Waals surface area contributed by atoms with E-state index in [0.29, 0.717) is 0 Å². The van der Waals surface area contributed by atoms with E-state index in [0.717, 1.165) is 0 Å². The lowest BCUT2D eigenvalue weighted by Crippen LogP contribution is -2.18. The molecule has 2 aliphatic rings. The molecular formula is C34H33N. The van der Waals surface area contributed by atoms with Gasteiger partial charge in [-0.3, -0.25) is 0 Å². The highest BCUT2D eigenvalue weighted by molar-refractivity contribution is 5.91. The topological polar surface area (TPSA) is 3.24 Å². The van der Waals surface area contributed by atoms with Crippen LogP contribution in [0.25, 0.3) is 16.7 Å². The molecule has 0 saturated heterocycles. The Bertz CT molecular complexity index is 1450. The summed E-state index contributed by atoms with van der Waals surface area (Å²) in [7, 11) is 0. The molecule has 0 aliphatic heterocycles. The van der Waals surface area contributed by atoms with Gasteiger partial charge in [-0.05, 0) is 101 Å². The average Bonchev–Trinajstić information content (AvgIpc) is 3.21. The fourth-order valence-corrected chi connectivity index (χ4v) is 6.64. The summed E-state index contributed by atoms with van der Waals surface area (Å²) in [4.78, 5) is 2.36. The summed E-state index contributed by atoms with van der Waals surface area (Å²) in [6.07, 6.45) is 2.44. The van der Waals surface area contributed by atoms with Crippen LogP contribution in [0, 0.1) is 6.92 Å². The van der Waals surface area contributed by atoms with Crippen LogP contribution in [-0.2, 0) is 10.8 Å². The summed E-state index contributed by atoms with van der Waals surface area (Å²) >= 11 is 0. The van der Waals surface area contributed by atoms with Gasteiger partial charge in [-0.25, -0.2) is 0 Å². The Kier molecular flexibility index (Phi) is 4.67. The van der Waals surface area contributed by atoms with Crippen LogP contribution in [0.15, 0.2) is 91.0 Å². The molecule has 0 amide bonds. The molecule has 1 nitrogen and oxygen atoms in total. The quantitative estimate of drug-likeness (QED) is 0.297. The zero-order valence-corrected chi connectivity index (χ0v) is 21.6. The molecule has 0 fully saturated rings. The SMILES string of the molecule is CC1=CC(C)(C)c2c1cc1c(c2C)-c2ccc(N(c3ccccc3)c3ccccc3)cc2C1(C)C. The summed E-state index contributed by atoms with van der Waals surface area (Å²) < 4.78 is 0. The maximum atomic E-state index is 2.49. The van der Waals surface area contributed by atoms with Crippen molar-refractivity contribution in [3.05, 3.63) is 119 Å². The molecule has 174 valence electrons. The van der Waals surface area contributed by atoms with Crippen molar-refractivity contribution in [1.29, 1.82) is 0 Å². The third-order valence-electron chi connectivity index (χ3n) is 8.13. The van der Waals surface area contributed by atoms with Crippen LogP contribution in [0.2, 0.25) is 0 Å². The van der Waals surface area contributed by atoms with Gasteiger partial charge in [0.2, 0.25) is 0 Å². The van der Waals surface area contributed by atoms with Gasteiger partial charge < -0.3 is 4.90 Å². The van der Waals surface area contributed by atoms with Gasteiger partial charge in [-0.2, -0.15) is 0 Å². The fourth-order valence-electron chi connectivity index (χ4n) is 6.64. The Balaban J connectivity index is 1.56. The van der Waals surface area contributed by atoms with Crippen molar-refractivity contribution >= 4 is 22.6 Å². The zero-order chi connectivity index (χ0) is 24.5. The molecule has 35 heavy (non-hydrogen) atoms. The van der Waals surface area contributed by atoms with E-state index in [4.69, 9.17) is 0 Å². The van der Waals surface area contributed by atoms with Gasteiger partial charge in [0.05, 0.1) is 0 Å². The van der Waals surface area contributed by atoms with E-state index in [2.05, 4.69) is 137 Å². The Labute approximate surface area is 209 Å². The van der Waals surface area contributed by atoms with Crippen molar-refractivity contribution in [2.75, 3.05) is 4.90 Å². The molecule has 0 heterocycles. The lowest BCUT2D eigenvalue weighted by Gasteiger charge is -2.28. The second kappa shape index (κ2) is 7.46. The summed E-state index contributed by atoms with van der Waals surface area (Å²) in [6.45, 7) is 14.1. The predicted octanol–water partition coefficient (Wildman–Crippen LogP) is 9.47. The first-order valence-corrected chi connectivity index (χ1v) is 12.6. The highest BCUT2D eigenvalue weighted by Gasteiger charge is 2.41. The molecule has 0 aromatic heterocycles. The van der Waals surface area contributed by atoms with Crippen LogP contribution < -0.4 is 4.90 Å². The van der Waals surface area contributed by atoms with Crippen molar-refractivity contribution in [2.24, 2.45) is 0 Å². The molecule has 0 unspecified atom stereocenters. The van der Waals surface area contributed by atoms with Crippen LogP contribution in [0.3, 0.4) is 0 Å². The van der Waals surface area contributed by atoms with Crippen molar-refractivity contribution in [1.82, 2.24) is 0 Å². The first-order valence-electron chi connectivity index (χ1n) is 12.6. The number of rotatable bonds is 3. The summed E-state index contributed by atoms with van der Waals surface area (Å²) in [5, 5.41) is 0. The van der Waals surface area contributed by atoms with E-state index in [1.54, 1.807) is 0 Å². The van der Waals surface area contributed by atoms with Crippen LogP contribution in [-0.4, -0.2) is 0 Å². The number of para-hydroxylation sites is 2. The summed E-state index contributed by atoms with van der Waals surface area (Å²) in [6, 6.07) is 30.9. The molecule has 0 N–H and O–H groups in total. The highest BCUT2D eigenvalue weighted by Crippen LogP contribution is 2.55. The van der Waals surface area contributed by atoms with E-state index < -0.39 is 0 Å². The monoisotopic (exact) mass is 455 g/mol. The first-order chi connectivity index (χ1) is 16.7. The minimum absolute atomic E-state index is 0.0630. The Morgan fingerprint density at radius 2 is 1.20 bits per heavy atom. The predicted molar refractivity (Wildman–Crippen MR) is 150 cm³/mol. The van der Waals surface area contributed by atoms with Crippen LogP contribution >= 0.6 is 0 Å². The number of anilines is 3. The maximum Gasteiger partial charge on any atom is 0.0465 e. The molecular weight excluding hydrogens is 422 g/mol. The molecule has 4 aromatic carbocycles. The van der Waals surface area contributed by atoms with Gasteiger partial charge in [0.15, 0.2) is 0 Å². The van der Waals surface area contributed by atoms with Crippen LogP contribution in [0.4, 0.5) is 17.1 Å². The summed E-state index contributed by atoms with van der Waals surface area (Å²) in [5.74, 6) is 0. The number of benzene rings is 4. The molecule has 1 heteroatoms. The van der Waals surface area contributed by atoms with E-state index in [9.17, 15) is 0 Å². The molecule has 4 aromatic rings. The van der Waals surface area contributed by atoms with E-state index >= 15 is 0 Å². The minimum Gasteiger partial charge on any atom is -0.310 e. The molecule has 0 saturated carbocycles. The van der Waals surface area contributed by atoms with Gasteiger partial charge >= 0.3 is 0 Å². The minimum atomic E-state index is -0.0630. The third-order valence-corrected chi connectivity index (χ3v) is 8.13. The molecule has 0 radical (unpaired) electrons. The molecule has 6 rings (SSSR count). The van der Waals surface area contributed by atoms with Crippen molar-refractivity contribution < 1.29 is 0 Å². The second-order valence-corrected chi connectivity index (χ2v) is 11.3. The number of hydrogen-bond acceptors (Lipinski definition) is 1. The van der Waals surface area contributed by atoms with Gasteiger partial charge in [0.25, 0.3) is 0 Å². The largest absolute Gasteiger partial charge is 0.310 e. The van der Waals surface area contributed by atoms with Crippen molar-refractivity contribution in [3.8, 4) is 11.1 Å². The molecule has 0 atom stereocenters. The van der Waals surface area contributed by atoms with E-state index in [1.807, 2.05) is 0 Å². The zero-order valence-electron chi connectivity index (χ0n) is 21.6. The molecule has 2 aliphatic carbocycles. The Morgan fingerprint density at radius 1 is 0.600 bits per heavy atom. The van der Waals surface area contributed by atoms with Crippen LogP contribution in [0.1, 0.15) is 62.4 Å². The van der Waals surface area contributed by atoms with E-state index in [1.165, 1.54) is 61.6 Å². The van der Waals surface area contributed by atoms with Gasteiger partial charge in [-0.1, -0.05) is 76.2 Å². The van der Waals surface area contributed by atoms with Crippen LogP contribution in [0.5, 0.6) is 0 Å². The highest BCUT2D eigenvalue weighted by atomic mass is 15.1. The lowest BCUT2D eigenvalue weighted by molar-refractivity contribution is 0.654. The average molecular weight is 456 g/mol. The second-order valence-electron chi connectivity index (χ2n) is 11.3. The molecule has 0 bridgehead atoms. The van der Waals surface area contributed by atoms with Gasteiger partial charge in [-0.15, -0.1) is 0 Å². The molecule has 0 spiro atoms. The number of hydrogen-bond donors (Lipinski definition) is 0. The lowest BCUT2D eigenvalue weighted by atomic mass is 9.77. The normalized spacial score (nSPS) is 16.3. The van der Waals surface area contributed by atoms with Gasteiger partial charge in [0.1, 0.15) is 0 Å². The van der Waals surface area contributed by atoms with Crippen molar-refractivity contribution in [3.63, 3.8) is 0 Å². The Hall–Kier alpha value is -3.58. The first kappa shape index (κ1) is 21.9. The van der Waals surface area contributed by atoms with Gasteiger partial charge in [0, 0.05) is 27.9 Å². The number of fused-ring (bicyclic) bond motifs is 4. The third kappa shape index (κ3) is 3.14. The van der Waals surface area contributed by atoms with E-state index in [-0.39, 0.29) is 10.8 Å². The van der Waals surface area contributed by atoms with Crippen molar-refractivity contribution in [2.45, 2.75) is 52.4 Å². The summed E-state index contributed by atoms with van der Waals surface area (Å²) in [5.41, 5.74) is 15.0. The standard InChI is InChI=1S/C34H33N/c1-22-21-33(3,4)32-23(2)31-27-18-17-26(19-29(27)34(5,6)30(31)20-28(22)32)35(24-13-9-7-10-14-24)25-15-11-8-12-16-25/h7-21H,1-6H3. The number of nitrogens with zero attached hydrogens (tertiary/aromatic N) is 1. The Morgan fingerprint density at radius 3 is 1.80 bits per heavy atom.